The van der Waals surface area contributed by atoms with Crippen LogP contribution in [0.4, 0.5) is 5.82 Å². The zero-order valence-electron chi connectivity index (χ0n) is 19.2. The molecule has 1 saturated carbocycles. The maximum absolute atomic E-state index is 12.8. The van der Waals surface area contributed by atoms with E-state index in [1.807, 2.05) is 12.3 Å². The zero-order valence-corrected chi connectivity index (χ0v) is 19.2. The highest BCUT2D eigenvalue weighted by molar-refractivity contribution is 5.95. The third-order valence-electron chi connectivity index (χ3n) is 6.91. The minimum Gasteiger partial charge on any atom is -0.310 e. The first-order valence-corrected chi connectivity index (χ1v) is 11.9. The van der Waals surface area contributed by atoms with E-state index in [9.17, 15) is 4.79 Å². The van der Waals surface area contributed by atoms with Crippen LogP contribution in [0.15, 0.2) is 37.1 Å². The summed E-state index contributed by atoms with van der Waals surface area (Å²) >= 11 is 0. The molecular weight excluding hydrogens is 414 g/mol. The Hall–Kier alpha value is -2.97. The van der Waals surface area contributed by atoms with E-state index in [2.05, 4.69) is 42.1 Å². The minimum atomic E-state index is 0.0835. The van der Waals surface area contributed by atoms with Crippen LogP contribution in [0, 0.1) is 5.92 Å². The molecule has 0 atom stereocenters. The number of carbonyl (C=O) groups is 1. The molecule has 33 heavy (non-hydrogen) atoms. The van der Waals surface area contributed by atoms with Crippen LogP contribution in [0.2, 0.25) is 0 Å². The number of nitrogens with one attached hydrogen (secondary N) is 1. The van der Waals surface area contributed by atoms with E-state index < -0.39 is 0 Å². The number of pyridine rings is 2. The lowest BCUT2D eigenvalue weighted by Gasteiger charge is -2.33. The first-order chi connectivity index (χ1) is 16.2. The molecule has 1 aliphatic carbocycles. The highest BCUT2D eigenvalue weighted by Crippen LogP contribution is 2.31. The highest BCUT2D eigenvalue weighted by Gasteiger charge is 2.23. The standard InChI is InChI=1S/C25H31N7O/c1-31-9-11-32(12-10-31)17-21-19-13-24(30-25(33)18-5-3-2-4-6-18)29-16-23(19)28-14-20(21)22-15-26-7-8-27-22/h7-8,13-16,18H,2-6,9-12,17H2,1H3,(H,29,30,33). The lowest BCUT2D eigenvalue weighted by atomic mass is 9.89. The third-order valence-corrected chi connectivity index (χ3v) is 6.91. The lowest BCUT2D eigenvalue weighted by molar-refractivity contribution is -0.120. The second-order valence-electron chi connectivity index (χ2n) is 9.23. The Balaban J connectivity index is 1.50. The number of hydrogen-bond acceptors (Lipinski definition) is 7. The summed E-state index contributed by atoms with van der Waals surface area (Å²) in [6.45, 7) is 4.91. The van der Waals surface area contributed by atoms with Crippen molar-refractivity contribution in [3.05, 3.63) is 42.6 Å². The van der Waals surface area contributed by atoms with Gasteiger partial charge in [0.05, 0.1) is 23.6 Å². The molecule has 3 aromatic heterocycles. The van der Waals surface area contributed by atoms with Gasteiger partial charge >= 0.3 is 0 Å². The normalized spacial score (nSPS) is 18.5. The van der Waals surface area contributed by atoms with Crippen LogP contribution < -0.4 is 5.32 Å². The Bertz CT molecular complexity index is 1110. The van der Waals surface area contributed by atoms with Gasteiger partial charge < -0.3 is 10.2 Å². The lowest BCUT2D eigenvalue weighted by Crippen LogP contribution is -2.44. The molecule has 172 valence electrons. The molecule has 8 heteroatoms. The van der Waals surface area contributed by atoms with Crippen LogP contribution in [0.5, 0.6) is 0 Å². The van der Waals surface area contributed by atoms with Crippen molar-refractivity contribution in [3.63, 3.8) is 0 Å². The van der Waals surface area contributed by atoms with E-state index in [0.29, 0.717) is 5.82 Å². The van der Waals surface area contributed by atoms with Gasteiger partial charge in [0.15, 0.2) is 0 Å². The number of likely N-dealkylation sites (N-methyl/N-ethyl adjacent to an activating group) is 1. The minimum absolute atomic E-state index is 0.0835. The van der Waals surface area contributed by atoms with Gasteiger partial charge in [0.1, 0.15) is 5.82 Å². The van der Waals surface area contributed by atoms with Crippen molar-refractivity contribution in [2.24, 2.45) is 5.92 Å². The first-order valence-electron chi connectivity index (χ1n) is 11.9. The van der Waals surface area contributed by atoms with E-state index in [-0.39, 0.29) is 11.8 Å². The van der Waals surface area contributed by atoms with Gasteiger partial charge in [-0.2, -0.15) is 0 Å². The van der Waals surface area contributed by atoms with Gasteiger partial charge in [-0.05, 0) is 31.5 Å². The van der Waals surface area contributed by atoms with E-state index in [4.69, 9.17) is 0 Å². The van der Waals surface area contributed by atoms with Crippen molar-refractivity contribution in [3.8, 4) is 11.3 Å². The van der Waals surface area contributed by atoms with Crippen molar-refractivity contribution in [1.82, 2.24) is 29.7 Å². The second-order valence-corrected chi connectivity index (χ2v) is 9.23. The number of fused-ring (bicyclic) bond motifs is 1. The Morgan fingerprint density at radius 3 is 2.58 bits per heavy atom. The van der Waals surface area contributed by atoms with Crippen LogP contribution >= 0.6 is 0 Å². The van der Waals surface area contributed by atoms with Crippen molar-refractivity contribution < 1.29 is 4.79 Å². The number of anilines is 1. The van der Waals surface area contributed by atoms with E-state index >= 15 is 0 Å². The average Bonchev–Trinajstić information content (AvgIpc) is 2.86. The molecule has 0 aromatic carbocycles. The quantitative estimate of drug-likeness (QED) is 0.644. The van der Waals surface area contributed by atoms with E-state index in [0.717, 1.165) is 86.1 Å². The van der Waals surface area contributed by atoms with Gasteiger partial charge in [0, 0.05) is 68.2 Å². The topological polar surface area (TPSA) is 87.1 Å². The number of nitrogens with zero attached hydrogens (tertiary/aromatic N) is 6. The molecule has 2 fully saturated rings. The first kappa shape index (κ1) is 21.9. The molecule has 1 N–H and O–H groups in total. The molecule has 1 aliphatic heterocycles. The molecule has 3 aromatic rings. The maximum Gasteiger partial charge on any atom is 0.228 e. The number of piperazine rings is 1. The van der Waals surface area contributed by atoms with Gasteiger partial charge in [-0.25, -0.2) is 4.98 Å². The Kier molecular flexibility index (Phi) is 6.55. The largest absolute Gasteiger partial charge is 0.310 e. The number of carbonyl (C=O) groups excluding carboxylic acids is 1. The molecule has 0 spiro atoms. The highest BCUT2D eigenvalue weighted by atomic mass is 16.1. The molecule has 0 unspecified atom stereocenters. The van der Waals surface area contributed by atoms with Gasteiger partial charge in [-0.15, -0.1) is 0 Å². The Morgan fingerprint density at radius 1 is 1.00 bits per heavy atom. The fourth-order valence-corrected chi connectivity index (χ4v) is 4.87. The predicted octanol–water partition coefficient (Wildman–Crippen LogP) is 3.35. The second kappa shape index (κ2) is 9.89. The van der Waals surface area contributed by atoms with Crippen LogP contribution in [-0.4, -0.2) is 68.9 Å². The molecule has 1 saturated heterocycles. The monoisotopic (exact) mass is 445 g/mol. The molecular formula is C25H31N7O. The molecule has 0 bridgehead atoms. The number of hydrogen-bond donors (Lipinski definition) is 1. The van der Waals surface area contributed by atoms with E-state index in [1.54, 1.807) is 24.8 Å². The molecule has 2 aliphatic rings. The van der Waals surface area contributed by atoms with Crippen LogP contribution in [-0.2, 0) is 11.3 Å². The van der Waals surface area contributed by atoms with Crippen molar-refractivity contribution in [2.45, 2.75) is 38.6 Å². The molecule has 0 radical (unpaired) electrons. The summed E-state index contributed by atoms with van der Waals surface area (Å²) in [5.74, 6) is 0.765. The van der Waals surface area contributed by atoms with Crippen LogP contribution in [0.3, 0.4) is 0 Å². The summed E-state index contributed by atoms with van der Waals surface area (Å²) in [5.41, 5.74) is 3.76. The maximum atomic E-state index is 12.8. The van der Waals surface area contributed by atoms with Gasteiger partial charge in [-0.1, -0.05) is 19.3 Å². The fourth-order valence-electron chi connectivity index (χ4n) is 4.87. The number of amides is 1. The molecule has 8 nitrogen and oxygen atoms in total. The summed E-state index contributed by atoms with van der Waals surface area (Å²) in [7, 11) is 2.16. The summed E-state index contributed by atoms with van der Waals surface area (Å²) in [6.07, 6.45) is 14.2. The fraction of sp³-hybridized carbons (Fsp3) is 0.480. The average molecular weight is 446 g/mol. The zero-order chi connectivity index (χ0) is 22.6. The predicted molar refractivity (Wildman–Crippen MR) is 129 cm³/mol. The molecule has 5 rings (SSSR count). The summed E-state index contributed by atoms with van der Waals surface area (Å²) < 4.78 is 0. The number of rotatable bonds is 5. The van der Waals surface area contributed by atoms with E-state index in [1.165, 1.54) is 6.42 Å². The Morgan fingerprint density at radius 2 is 1.82 bits per heavy atom. The SMILES string of the molecule is CN1CCN(Cc2c(-c3cnccn3)cnc3cnc(NC(=O)C4CCCCC4)cc23)CC1. The third kappa shape index (κ3) is 5.02. The summed E-state index contributed by atoms with van der Waals surface area (Å²) in [4.78, 5) is 35.6. The molecule has 4 heterocycles. The van der Waals surface area contributed by atoms with Crippen molar-refractivity contribution >= 4 is 22.6 Å². The summed E-state index contributed by atoms with van der Waals surface area (Å²) in [6, 6.07) is 1.98. The van der Waals surface area contributed by atoms with Crippen LogP contribution in [0.1, 0.15) is 37.7 Å². The summed E-state index contributed by atoms with van der Waals surface area (Å²) in [5, 5.41) is 4.08. The Labute approximate surface area is 194 Å². The van der Waals surface area contributed by atoms with Crippen LogP contribution in [0.25, 0.3) is 22.2 Å². The smallest absolute Gasteiger partial charge is 0.228 e. The number of aromatic nitrogens is 4. The van der Waals surface area contributed by atoms with Gasteiger partial charge in [0.25, 0.3) is 0 Å². The van der Waals surface area contributed by atoms with Crippen molar-refractivity contribution in [1.29, 1.82) is 0 Å². The van der Waals surface area contributed by atoms with Gasteiger partial charge in [-0.3, -0.25) is 24.6 Å². The van der Waals surface area contributed by atoms with Crippen molar-refractivity contribution in [2.75, 3.05) is 38.5 Å². The van der Waals surface area contributed by atoms with Gasteiger partial charge in [0.2, 0.25) is 5.91 Å². The molecule has 1 amide bonds.